The predicted octanol–water partition coefficient (Wildman–Crippen LogP) is 2.82. The number of nitrogens with one attached hydrogen (secondary N) is 1. The van der Waals surface area contributed by atoms with Gasteiger partial charge in [-0.25, -0.2) is 4.98 Å². The molecule has 0 radical (unpaired) electrons. The van der Waals surface area contributed by atoms with Crippen LogP contribution in [0.5, 0.6) is 11.5 Å². The fraction of sp³-hybridized carbons (Fsp3) is 0.583. The lowest BCUT2D eigenvalue weighted by atomic mass is 9.74. The van der Waals surface area contributed by atoms with Crippen molar-refractivity contribution in [1.29, 1.82) is 0 Å². The molecule has 8 heteroatoms. The highest BCUT2D eigenvalue weighted by Crippen LogP contribution is 2.40. The number of aliphatic imine (C=N–C) groups is 1. The van der Waals surface area contributed by atoms with Gasteiger partial charge >= 0.3 is 0 Å². The fourth-order valence-electron chi connectivity index (χ4n) is 5.23. The molecule has 8 nitrogen and oxygen atoms in total. The summed E-state index contributed by atoms with van der Waals surface area (Å²) in [5.74, 6) is 3.24. The molecule has 2 unspecified atom stereocenters. The largest absolute Gasteiger partial charge is 0.454 e. The highest BCUT2D eigenvalue weighted by Gasteiger charge is 2.37. The standard InChI is InChI=1S/C24H33N5O3/c1-18-5-9-28(14-20(18)29-10-8-26-16-29)23(25-2)27-15-24(6-11-30-12-7-24)19-3-4-21-22(13-19)32-17-31-21/h3-4,8,10,13,16,18,20H,5-7,9,11-12,14-15,17H2,1-2H3,(H,25,27). The van der Waals surface area contributed by atoms with Crippen LogP contribution in [-0.4, -0.2) is 67.1 Å². The first-order valence-corrected chi connectivity index (χ1v) is 11.6. The van der Waals surface area contributed by atoms with Gasteiger partial charge in [-0.1, -0.05) is 13.0 Å². The Bertz CT molecular complexity index is 939. The molecule has 1 aromatic carbocycles. The number of fused-ring (bicyclic) bond motifs is 1. The van der Waals surface area contributed by atoms with E-state index in [0.717, 1.165) is 69.6 Å². The van der Waals surface area contributed by atoms with Crippen LogP contribution in [0.3, 0.4) is 0 Å². The van der Waals surface area contributed by atoms with Crippen LogP contribution in [0.1, 0.15) is 37.8 Å². The van der Waals surface area contributed by atoms with Crippen LogP contribution in [0.25, 0.3) is 0 Å². The molecule has 3 aliphatic rings. The van der Waals surface area contributed by atoms with E-state index in [9.17, 15) is 0 Å². The summed E-state index contributed by atoms with van der Waals surface area (Å²) in [5, 5.41) is 3.72. The highest BCUT2D eigenvalue weighted by atomic mass is 16.7. The molecule has 4 heterocycles. The van der Waals surface area contributed by atoms with E-state index in [1.54, 1.807) is 0 Å². The van der Waals surface area contributed by atoms with Gasteiger partial charge in [-0.2, -0.15) is 0 Å². The molecule has 3 aliphatic heterocycles. The average Bonchev–Trinajstić information content (AvgIpc) is 3.53. The molecule has 0 aliphatic carbocycles. The van der Waals surface area contributed by atoms with Crippen molar-refractivity contribution in [2.45, 2.75) is 37.6 Å². The smallest absolute Gasteiger partial charge is 0.231 e. The third-order valence-electron chi connectivity index (χ3n) is 7.36. The summed E-state index contributed by atoms with van der Waals surface area (Å²) in [7, 11) is 1.88. The van der Waals surface area contributed by atoms with Crippen LogP contribution in [0.4, 0.5) is 0 Å². The number of ether oxygens (including phenoxy) is 3. The lowest BCUT2D eigenvalue weighted by molar-refractivity contribution is 0.0509. The molecular weight excluding hydrogens is 406 g/mol. The van der Waals surface area contributed by atoms with Crippen molar-refractivity contribution in [1.82, 2.24) is 19.8 Å². The highest BCUT2D eigenvalue weighted by molar-refractivity contribution is 5.80. The monoisotopic (exact) mass is 439 g/mol. The molecule has 2 fully saturated rings. The first kappa shape index (κ1) is 21.1. The fourth-order valence-corrected chi connectivity index (χ4v) is 5.23. The van der Waals surface area contributed by atoms with Gasteiger partial charge in [0, 0.05) is 57.7 Å². The maximum Gasteiger partial charge on any atom is 0.231 e. The molecule has 172 valence electrons. The Morgan fingerprint density at radius 1 is 1.25 bits per heavy atom. The van der Waals surface area contributed by atoms with Gasteiger partial charge in [-0.15, -0.1) is 0 Å². The average molecular weight is 440 g/mol. The molecule has 0 saturated carbocycles. The van der Waals surface area contributed by atoms with Gasteiger partial charge in [0.2, 0.25) is 6.79 Å². The number of piperidine rings is 1. The lowest BCUT2D eigenvalue weighted by Crippen LogP contribution is -2.52. The lowest BCUT2D eigenvalue weighted by Gasteiger charge is -2.42. The van der Waals surface area contributed by atoms with Crippen LogP contribution in [0, 0.1) is 5.92 Å². The predicted molar refractivity (Wildman–Crippen MR) is 122 cm³/mol. The number of rotatable bonds is 4. The van der Waals surface area contributed by atoms with Crippen molar-refractivity contribution < 1.29 is 14.2 Å². The molecular formula is C24H33N5O3. The number of hydrogen-bond acceptors (Lipinski definition) is 5. The second-order valence-corrected chi connectivity index (χ2v) is 9.15. The molecule has 1 N–H and O–H groups in total. The maximum absolute atomic E-state index is 5.72. The third-order valence-corrected chi connectivity index (χ3v) is 7.36. The van der Waals surface area contributed by atoms with Gasteiger partial charge in [-0.3, -0.25) is 4.99 Å². The normalized spacial score (nSPS) is 25.1. The Hall–Kier alpha value is -2.74. The summed E-state index contributed by atoms with van der Waals surface area (Å²) in [6.45, 7) is 6.89. The summed E-state index contributed by atoms with van der Waals surface area (Å²) in [6.07, 6.45) is 8.91. The minimum absolute atomic E-state index is 0.0258. The number of imidazole rings is 1. The Morgan fingerprint density at radius 2 is 2.09 bits per heavy atom. The van der Waals surface area contributed by atoms with E-state index in [4.69, 9.17) is 14.2 Å². The van der Waals surface area contributed by atoms with Crippen LogP contribution in [0.15, 0.2) is 41.9 Å². The van der Waals surface area contributed by atoms with Gasteiger partial charge in [0.05, 0.1) is 12.4 Å². The summed E-state index contributed by atoms with van der Waals surface area (Å²) in [4.78, 5) is 11.3. The zero-order chi connectivity index (χ0) is 22.0. The molecule has 1 aromatic heterocycles. The van der Waals surface area contributed by atoms with Gasteiger partial charge in [0.25, 0.3) is 0 Å². The number of guanidine groups is 1. The Morgan fingerprint density at radius 3 is 2.88 bits per heavy atom. The van der Waals surface area contributed by atoms with Gasteiger partial charge < -0.3 is 29.0 Å². The van der Waals surface area contributed by atoms with Crippen molar-refractivity contribution in [3.8, 4) is 11.5 Å². The van der Waals surface area contributed by atoms with E-state index in [-0.39, 0.29) is 5.41 Å². The van der Waals surface area contributed by atoms with E-state index in [1.165, 1.54) is 5.56 Å². The summed E-state index contributed by atoms with van der Waals surface area (Å²) in [6, 6.07) is 6.76. The summed E-state index contributed by atoms with van der Waals surface area (Å²) in [5.41, 5.74) is 1.25. The maximum atomic E-state index is 5.72. The van der Waals surface area contributed by atoms with Crippen LogP contribution >= 0.6 is 0 Å². The summed E-state index contributed by atoms with van der Waals surface area (Å²) < 4.78 is 19.1. The Balaban J connectivity index is 1.32. The van der Waals surface area contributed by atoms with E-state index < -0.39 is 0 Å². The van der Waals surface area contributed by atoms with E-state index in [0.29, 0.717) is 18.8 Å². The first-order chi connectivity index (χ1) is 15.7. The number of benzene rings is 1. The van der Waals surface area contributed by atoms with Crippen molar-refractivity contribution in [3.05, 3.63) is 42.5 Å². The summed E-state index contributed by atoms with van der Waals surface area (Å²) >= 11 is 0. The number of likely N-dealkylation sites (tertiary alicyclic amines) is 1. The number of aromatic nitrogens is 2. The second-order valence-electron chi connectivity index (χ2n) is 9.15. The SMILES string of the molecule is CN=C(NCC1(c2ccc3c(c2)OCO3)CCOCC1)N1CCC(C)C(n2ccnc2)C1. The molecule has 0 amide bonds. The Labute approximate surface area is 189 Å². The number of nitrogens with zero attached hydrogens (tertiary/aromatic N) is 4. The zero-order valence-electron chi connectivity index (χ0n) is 19.0. The van der Waals surface area contributed by atoms with Crippen molar-refractivity contribution in [3.63, 3.8) is 0 Å². The molecule has 32 heavy (non-hydrogen) atoms. The second kappa shape index (κ2) is 9.02. The van der Waals surface area contributed by atoms with E-state index in [2.05, 4.69) is 50.0 Å². The minimum atomic E-state index is -0.0258. The van der Waals surface area contributed by atoms with Crippen LogP contribution in [0.2, 0.25) is 0 Å². The van der Waals surface area contributed by atoms with Crippen LogP contribution in [-0.2, 0) is 10.2 Å². The zero-order valence-corrected chi connectivity index (χ0v) is 19.0. The Kier molecular flexibility index (Phi) is 5.95. The quantitative estimate of drug-likeness (QED) is 0.583. The first-order valence-electron chi connectivity index (χ1n) is 11.6. The van der Waals surface area contributed by atoms with E-state index in [1.807, 2.05) is 25.6 Å². The topological polar surface area (TPSA) is 73.1 Å². The van der Waals surface area contributed by atoms with Gasteiger partial charge in [-0.05, 0) is 42.9 Å². The molecule has 0 bridgehead atoms. The van der Waals surface area contributed by atoms with E-state index >= 15 is 0 Å². The minimum Gasteiger partial charge on any atom is -0.454 e. The van der Waals surface area contributed by atoms with Gasteiger partial charge in [0.1, 0.15) is 0 Å². The molecule has 2 aromatic rings. The van der Waals surface area contributed by atoms with Crippen molar-refractivity contribution in [2.24, 2.45) is 10.9 Å². The third kappa shape index (κ3) is 4.03. The molecule has 2 atom stereocenters. The van der Waals surface area contributed by atoms with Crippen LogP contribution < -0.4 is 14.8 Å². The molecule has 2 saturated heterocycles. The molecule has 5 rings (SSSR count). The van der Waals surface area contributed by atoms with Gasteiger partial charge in [0.15, 0.2) is 17.5 Å². The van der Waals surface area contributed by atoms with Crippen molar-refractivity contribution >= 4 is 5.96 Å². The van der Waals surface area contributed by atoms with Crippen molar-refractivity contribution in [2.75, 3.05) is 46.7 Å². The molecule has 0 spiro atoms. The number of hydrogen-bond donors (Lipinski definition) is 1.